The van der Waals surface area contributed by atoms with Gasteiger partial charge in [-0.25, -0.2) is 0 Å². The molecule has 0 aromatic carbocycles. The summed E-state index contributed by atoms with van der Waals surface area (Å²) in [6.07, 6.45) is 7.51. The molecular formula is C14H21N3O3. The molecule has 1 aromatic rings. The Hall–Kier alpha value is -1.85. The highest BCUT2D eigenvalue weighted by molar-refractivity contribution is 5.84. The number of hydrogen-bond donors (Lipinski definition) is 2. The number of hydrogen-bond acceptors (Lipinski definition) is 3. The predicted molar refractivity (Wildman–Crippen MR) is 73.0 cm³/mol. The number of carbonyl (C=O) groups excluding carboxylic acids is 1. The van der Waals surface area contributed by atoms with Gasteiger partial charge in [0.05, 0.1) is 18.0 Å². The lowest BCUT2D eigenvalue weighted by Gasteiger charge is -2.27. The molecule has 0 bridgehead atoms. The molecule has 6 heteroatoms. The number of carbonyl (C=O) groups is 2. The number of rotatable bonds is 5. The van der Waals surface area contributed by atoms with Crippen LogP contribution in [0.5, 0.6) is 0 Å². The van der Waals surface area contributed by atoms with Crippen molar-refractivity contribution in [3.63, 3.8) is 0 Å². The van der Waals surface area contributed by atoms with Crippen LogP contribution in [0.15, 0.2) is 12.4 Å². The average Bonchev–Trinajstić information content (AvgIpc) is 2.84. The fourth-order valence-electron chi connectivity index (χ4n) is 2.80. The van der Waals surface area contributed by atoms with Crippen LogP contribution in [0.1, 0.15) is 31.2 Å². The standard InChI is InChI=1S/C14H21N3O3/c1-17-9-10(8-16-17)6-7-15-13(18)11-4-2-3-5-12(11)14(19)20/h8-9,11-12H,2-7H2,1H3,(H,15,18)(H,19,20). The van der Waals surface area contributed by atoms with Crippen molar-refractivity contribution in [1.82, 2.24) is 15.1 Å². The summed E-state index contributed by atoms with van der Waals surface area (Å²) >= 11 is 0. The maximum atomic E-state index is 12.1. The van der Waals surface area contributed by atoms with Gasteiger partial charge in [0.25, 0.3) is 0 Å². The second kappa shape index (κ2) is 6.54. The molecule has 0 aliphatic heterocycles. The largest absolute Gasteiger partial charge is 0.481 e. The molecule has 20 heavy (non-hydrogen) atoms. The molecule has 2 N–H and O–H groups in total. The van der Waals surface area contributed by atoms with E-state index in [1.807, 2.05) is 13.2 Å². The molecule has 1 saturated carbocycles. The van der Waals surface area contributed by atoms with E-state index in [1.165, 1.54) is 0 Å². The number of carboxylic acid groups (broad SMARTS) is 1. The van der Waals surface area contributed by atoms with Gasteiger partial charge >= 0.3 is 5.97 Å². The van der Waals surface area contributed by atoms with Gasteiger partial charge in [0.1, 0.15) is 0 Å². The summed E-state index contributed by atoms with van der Waals surface area (Å²) in [5.41, 5.74) is 1.06. The fraction of sp³-hybridized carbons (Fsp3) is 0.643. The van der Waals surface area contributed by atoms with Gasteiger partial charge in [-0.3, -0.25) is 14.3 Å². The highest BCUT2D eigenvalue weighted by Gasteiger charge is 2.35. The molecule has 0 radical (unpaired) electrons. The van der Waals surface area contributed by atoms with E-state index >= 15 is 0 Å². The Kier molecular flexibility index (Phi) is 4.76. The van der Waals surface area contributed by atoms with Gasteiger partial charge in [0.15, 0.2) is 0 Å². The highest BCUT2D eigenvalue weighted by Crippen LogP contribution is 2.30. The summed E-state index contributed by atoms with van der Waals surface area (Å²) in [4.78, 5) is 23.3. The van der Waals surface area contributed by atoms with Crippen LogP contribution < -0.4 is 5.32 Å². The van der Waals surface area contributed by atoms with Gasteiger partial charge in [-0.15, -0.1) is 0 Å². The van der Waals surface area contributed by atoms with Crippen molar-refractivity contribution in [3.05, 3.63) is 18.0 Å². The van der Waals surface area contributed by atoms with Crippen LogP contribution in [0.25, 0.3) is 0 Å². The average molecular weight is 279 g/mol. The van der Waals surface area contributed by atoms with E-state index in [-0.39, 0.29) is 11.8 Å². The van der Waals surface area contributed by atoms with E-state index in [4.69, 9.17) is 0 Å². The Morgan fingerprint density at radius 3 is 2.70 bits per heavy atom. The van der Waals surface area contributed by atoms with Crippen LogP contribution >= 0.6 is 0 Å². The zero-order valence-corrected chi connectivity index (χ0v) is 11.7. The number of aryl methyl sites for hydroxylation is 1. The molecule has 1 fully saturated rings. The minimum absolute atomic E-state index is 0.124. The zero-order valence-electron chi connectivity index (χ0n) is 11.7. The first kappa shape index (κ1) is 14.6. The molecular weight excluding hydrogens is 258 g/mol. The normalized spacial score (nSPS) is 22.4. The van der Waals surface area contributed by atoms with E-state index in [0.717, 1.165) is 18.4 Å². The first-order chi connectivity index (χ1) is 9.58. The maximum absolute atomic E-state index is 12.1. The van der Waals surface area contributed by atoms with Gasteiger partial charge in [0.2, 0.25) is 5.91 Å². The van der Waals surface area contributed by atoms with Crippen molar-refractivity contribution in [2.45, 2.75) is 32.1 Å². The Labute approximate surface area is 118 Å². The number of carboxylic acids is 1. The summed E-state index contributed by atoms with van der Waals surface area (Å²) in [7, 11) is 1.85. The number of nitrogens with one attached hydrogen (secondary N) is 1. The van der Waals surface area contributed by atoms with E-state index in [9.17, 15) is 14.7 Å². The lowest BCUT2D eigenvalue weighted by atomic mass is 9.78. The van der Waals surface area contributed by atoms with Gasteiger partial charge < -0.3 is 10.4 Å². The van der Waals surface area contributed by atoms with Crippen molar-refractivity contribution in [2.24, 2.45) is 18.9 Å². The summed E-state index contributed by atoms with van der Waals surface area (Å²) in [6.45, 7) is 0.521. The molecule has 1 heterocycles. The lowest BCUT2D eigenvalue weighted by molar-refractivity contribution is -0.148. The number of aromatic nitrogens is 2. The molecule has 2 unspecified atom stereocenters. The molecule has 0 spiro atoms. The van der Waals surface area contributed by atoms with Gasteiger partial charge in [-0.05, 0) is 24.8 Å². The third-order valence-electron chi connectivity index (χ3n) is 3.89. The molecule has 1 aliphatic rings. The van der Waals surface area contributed by atoms with E-state index in [1.54, 1.807) is 10.9 Å². The highest BCUT2D eigenvalue weighted by atomic mass is 16.4. The van der Waals surface area contributed by atoms with E-state index < -0.39 is 11.9 Å². The smallest absolute Gasteiger partial charge is 0.307 e. The molecule has 110 valence electrons. The van der Waals surface area contributed by atoms with Gasteiger partial charge in [0, 0.05) is 19.8 Å². The number of aliphatic carboxylic acids is 1. The first-order valence-electron chi connectivity index (χ1n) is 7.06. The van der Waals surface area contributed by atoms with Crippen LogP contribution in [0.3, 0.4) is 0 Å². The van der Waals surface area contributed by atoms with E-state index in [0.29, 0.717) is 25.8 Å². The van der Waals surface area contributed by atoms with Crippen LogP contribution in [-0.2, 0) is 23.1 Å². The van der Waals surface area contributed by atoms with Crippen LogP contribution in [0, 0.1) is 11.8 Å². The SMILES string of the molecule is Cn1cc(CCNC(=O)C2CCCCC2C(=O)O)cn1. The molecule has 1 aromatic heterocycles. The summed E-state index contributed by atoms with van der Waals surface area (Å²) < 4.78 is 1.72. The van der Waals surface area contributed by atoms with E-state index in [2.05, 4.69) is 10.4 Å². The maximum Gasteiger partial charge on any atom is 0.307 e. The zero-order chi connectivity index (χ0) is 14.5. The second-order valence-corrected chi connectivity index (χ2v) is 5.40. The molecule has 0 saturated heterocycles. The van der Waals surface area contributed by atoms with Crippen molar-refractivity contribution in [3.8, 4) is 0 Å². The van der Waals surface area contributed by atoms with Crippen molar-refractivity contribution >= 4 is 11.9 Å². The topological polar surface area (TPSA) is 84.2 Å². The molecule has 2 atom stereocenters. The number of nitrogens with zero attached hydrogens (tertiary/aromatic N) is 2. The van der Waals surface area contributed by atoms with Crippen molar-refractivity contribution < 1.29 is 14.7 Å². The summed E-state index contributed by atoms with van der Waals surface area (Å²) in [5, 5.41) is 16.1. The Morgan fingerprint density at radius 1 is 1.40 bits per heavy atom. The second-order valence-electron chi connectivity index (χ2n) is 5.40. The number of amides is 1. The first-order valence-corrected chi connectivity index (χ1v) is 7.06. The Bertz CT molecular complexity index is 484. The quantitative estimate of drug-likeness (QED) is 0.841. The summed E-state index contributed by atoms with van der Waals surface area (Å²) in [5.74, 6) is -1.88. The van der Waals surface area contributed by atoms with Crippen LogP contribution in [0.4, 0.5) is 0 Å². The molecule has 1 aliphatic carbocycles. The fourth-order valence-corrected chi connectivity index (χ4v) is 2.80. The molecule has 2 rings (SSSR count). The molecule has 1 amide bonds. The third-order valence-corrected chi connectivity index (χ3v) is 3.89. The lowest BCUT2D eigenvalue weighted by Crippen LogP contribution is -2.40. The monoisotopic (exact) mass is 279 g/mol. The predicted octanol–water partition coefficient (Wildman–Crippen LogP) is 0.970. The summed E-state index contributed by atoms with van der Waals surface area (Å²) in [6, 6.07) is 0. The minimum atomic E-state index is -0.850. The Balaban J connectivity index is 1.82. The van der Waals surface area contributed by atoms with Crippen molar-refractivity contribution in [1.29, 1.82) is 0 Å². The van der Waals surface area contributed by atoms with Crippen LogP contribution in [-0.4, -0.2) is 33.3 Å². The van der Waals surface area contributed by atoms with Gasteiger partial charge in [-0.2, -0.15) is 5.10 Å². The third kappa shape index (κ3) is 3.59. The molecule has 6 nitrogen and oxygen atoms in total. The van der Waals surface area contributed by atoms with Crippen molar-refractivity contribution in [2.75, 3.05) is 6.54 Å². The van der Waals surface area contributed by atoms with Crippen LogP contribution in [0.2, 0.25) is 0 Å². The Morgan fingerprint density at radius 2 is 2.10 bits per heavy atom. The van der Waals surface area contributed by atoms with Gasteiger partial charge in [-0.1, -0.05) is 12.8 Å². The minimum Gasteiger partial charge on any atom is -0.481 e.